The Balaban J connectivity index is 1.69. The van der Waals surface area contributed by atoms with Crippen LogP contribution in [0.4, 0.5) is 0 Å². The number of methoxy groups -OCH3 is 1. The summed E-state index contributed by atoms with van der Waals surface area (Å²) in [6, 6.07) is 9.62. The van der Waals surface area contributed by atoms with Gasteiger partial charge in [-0.2, -0.15) is 16.4 Å². The van der Waals surface area contributed by atoms with Crippen molar-refractivity contribution in [1.29, 1.82) is 0 Å². The van der Waals surface area contributed by atoms with Crippen LogP contribution in [-0.4, -0.2) is 39.7 Å². The monoisotopic (exact) mass is 388 g/mol. The highest BCUT2D eigenvalue weighted by Crippen LogP contribution is 2.21. The molecule has 2 aromatic heterocycles. The highest BCUT2D eigenvalue weighted by molar-refractivity contribution is 7.71. The van der Waals surface area contributed by atoms with Gasteiger partial charge in [0.25, 0.3) is 0 Å². The molecular weight excluding hydrogens is 368 g/mol. The molecule has 1 N–H and O–H groups in total. The molecule has 0 atom stereocenters. The van der Waals surface area contributed by atoms with Crippen LogP contribution in [0.15, 0.2) is 41.1 Å². The maximum absolute atomic E-state index is 12.4. The van der Waals surface area contributed by atoms with E-state index in [-0.39, 0.29) is 5.91 Å². The molecule has 0 spiro atoms. The molecule has 136 valence electrons. The maximum Gasteiger partial charge on any atom is 0.224 e. The van der Waals surface area contributed by atoms with Crippen molar-refractivity contribution in [3.63, 3.8) is 0 Å². The summed E-state index contributed by atoms with van der Waals surface area (Å²) in [5, 5.41) is 11.2. The lowest BCUT2D eigenvalue weighted by Crippen LogP contribution is -2.27. The fourth-order valence-corrected chi connectivity index (χ4v) is 3.51. The number of carbonyl (C=O) groups is 1. The van der Waals surface area contributed by atoms with Crippen LogP contribution < -0.4 is 4.74 Å². The Hall–Kier alpha value is -2.45. The van der Waals surface area contributed by atoms with E-state index in [1.54, 1.807) is 23.3 Å². The average molecular weight is 389 g/mol. The molecule has 3 rings (SSSR count). The Labute approximate surface area is 161 Å². The Bertz CT molecular complexity index is 914. The minimum Gasteiger partial charge on any atom is -0.497 e. The van der Waals surface area contributed by atoms with Gasteiger partial charge in [-0.15, -0.1) is 0 Å². The molecule has 6 nitrogen and oxygen atoms in total. The smallest absolute Gasteiger partial charge is 0.224 e. The summed E-state index contributed by atoms with van der Waals surface area (Å²) in [6.07, 6.45) is 0.359. The molecule has 0 saturated carbocycles. The highest BCUT2D eigenvalue weighted by Gasteiger charge is 2.13. The van der Waals surface area contributed by atoms with Crippen molar-refractivity contribution in [3.8, 4) is 17.1 Å². The van der Waals surface area contributed by atoms with Crippen LogP contribution in [-0.2, 0) is 17.9 Å². The Morgan fingerprint density at radius 3 is 2.77 bits per heavy atom. The normalized spacial score (nSPS) is 10.7. The highest BCUT2D eigenvalue weighted by atomic mass is 32.1. The molecule has 2 heterocycles. The predicted octanol–water partition coefficient (Wildman–Crippen LogP) is 3.73. The number of carbonyl (C=O) groups excluding carboxylic acids is 1. The number of ether oxygens (including phenoxy) is 1. The SMILES string of the molecule is COc1ccc(-c2n[nH]c(=S)n2CCC(=O)N(C)Cc2ccsc2)cc1. The largest absolute Gasteiger partial charge is 0.497 e. The van der Waals surface area contributed by atoms with Crippen molar-refractivity contribution in [2.75, 3.05) is 14.2 Å². The zero-order valence-corrected chi connectivity index (χ0v) is 16.3. The molecule has 0 aliphatic heterocycles. The number of H-pyrrole nitrogens is 1. The molecule has 3 aromatic rings. The van der Waals surface area contributed by atoms with Crippen LogP contribution in [0.1, 0.15) is 12.0 Å². The minimum absolute atomic E-state index is 0.0694. The van der Waals surface area contributed by atoms with Gasteiger partial charge in [0.1, 0.15) is 5.75 Å². The van der Waals surface area contributed by atoms with E-state index in [9.17, 15) is 4.79 Å². The van der Waals surface area contributed by atoms with Gasteiger partial charge in [-0.1, -0.05) is 0 Å². The lowest BCUT2D eigenvalue weighted by atomic mass is 10.2. The second-order valence-electron chi connectivity index (χ2n) is 5.86. The van der Waals surface area contributed by atoms with Crippen molar-refractivity contribution in [1.82, 2.24) is 19.7 Å². The fraction of sp³-hybridized carbons (Fsp3) is 0.278. The van der Waals surface area contributed by atoms with Crippen LogP contribution in [0.3, 0.4) is 0 Å². The molecule has 0 bridgehead atoms. The lowest BCUT2D eigenvalue weighted by Gasteiger charge is -2.17. The van der Waals surface area contributed by atoms with E-state index in [0.717, 1.165) is 16.9 Å². The standard InChI is InChI=1S/C18H20N4O2S2/c1-21(11-13-8-10-26-12-13)16(23)7-9-22-17(19-20-18(22)25)14-3-5-15(24-2)6-4-14/h3-6,8,10,12H,7,9,11H2,1-2H3,(H,20,25). The lowest BCUT2D eigenvalue weighted by molar-refractivity contribution is -0.130. The molecular formula is C18H20N4O2S2. The van der Waals surface area contributed by atoms with Gasteiger partial charge in [-0.3, -0.25) is 14.5 Å². The van der Waals surface area contributed by atoms with E-state index in [0.29, 0.717) is 30.1 Å². The first-order valence-electron chi connectivity index (χ1n) is 8.13. The van der Waals surface area contributed by atoms with Crippen molar-refractivity contribution in [3.05, 3.63) is 51.4 Å². The first kappa shape index (κ1) is 18.3. The number of thiophene rings is 1. The van der Waals surface area contributed by atoms with Crippen molar-refractivity contribution in [2.45, 2.75) is 19.5 Å². The van der Waals surface area contributed by atoms with E-state index in [4.69, 9.17) is 17.0 Å². The predicted molar refractivity (Wildman–Crippen MR) is 105 cm³/mol. The third-order valence-corrected chi connectivity index (χ3v) is 5.13. The van der Waals surface area contributed by atoms with Gasteiger partial charge in [-0.25, -0.2) is 0 Å². The quantitative estimate of drug-likeness (QED) is 0.627. The number of benzene rings is 1. The van der Waals surface area contributed by atoms with Gasteiger partial charge in [0.15, 0.2) is 10.6 Å². The first-order chi connectivity index (χ1) is 12.6. The summed E-state index contributed by atoms with van der Waals surface area (Å²) in [7, 11) is 3.45. The van der Waals surface area contributed by atoms with Crippen LogP contribution in [0.2, 0.25) is 0 Å². The summed E-state index contributed by atoms with van der Waals surface area (Å²) in [5.74, 6) is 1.56. The molecule has 8 heteroatoms. The number of hydrogen-bond acceptors (Lipinski definition) is 5. The maximum atomic E-state index is 12.4. The molecule has 1 amide bonds. The van der Waals surface area contributed by atoms with E-state index in [1.165, 1.54) is 0 Å². The number of hydrogen-bond donors (Lipinski definition) is 1. The summed E-state index contributed by atoms with van der Waals surface area (Å²) < 4.78 is 7.54. The zero-order valence-electron chi connectivity index (χ0n) is 14.6. The first-order valence-corrected chi connectivity index (χ1v) is 9.48. The topological polar surface area (TPSA) is 63.1 Å². The van der Waals surface area contributed by atoms with Gasteiger partial charge in [-0.05, 0) is 58.9 Å². The Kier molecular flexibility index (Phi) is 5.85. The Morgan fingerprint density at radius 1 is 1.35 bits per heavy atom. The minimum atomic E-state index is 0.0694. The number of nitrogens with one attached hydrogen (secondary N) is 1. The van der Waals surface area contributed by atoms with Gasteiger partial charge >= 0.3 is 0 Å². The zero-order chi connectivity index (χ0) is 18.5. The number of aromatic nitrogens is 3. The molecule has 0 radical (unpaired) electrons. The van der Waals surface area contributed by atoms with E-state index < -0.39 is 0 Å². The van der Waals surface area contributed by atoms with Crippen LogP contribution in [0.25, 0.3) is 11.4 Å². The van der Waals surface area contributed by atoms with Gasteiger partial charge in [0.2, 0.25) is 5.91 Å². The third-order valence-electron chi connectivity index (χ3n) is 4.08. The second kappa shape index (κ2) is 8.29. The van der Waals surface area contributed by atoms with Crippen LogP contribution in [0, 0.1) is 4.77 Å². The molecule has 0 saturated heterocycles. The fourth-order valence-electron chi connectivity index (χ4n) is 2.63. The number of rotatable bonds is 7. The summed E-state index contributed by atoms with van der Waals surface area (Å²) >= 11 is 6.96. The second-order valence-corrected chi connectivity index (χ2v) is 7.03. The molecule has 1 aromatic carbocycles. The number of nitrogens with zero attached hydrogens (tertiary/aromatic N) is 3. The van der Waals surface area contributed by atoms with Crippen LogP contribution >= 0.6 is 23.6 Å². The van der Waals surface area contributed by atoms with Gasteiger partial charge < -0.3 is 9.64 Å². The average Bonchev–Trinajstić information content (AvgIpc) is 3.29. The summed E-state index contributed by atoms with van der Waals surface area (Å²) in [6.45, 7) is 1.09. The van der Waals surface area contributed by atoms with E-state index in [1.807, 2.05) is 47.3 Å². The summed E-state index contributed by atoms with van der Waals surface area (Å²) in [4.78, 5) is 14.2. The van der Waals surface area contributed by atoms with Crippen LogP contribution in [0.5, 0.6) is 5.75 Å². The van der Waals surface area contributed by atoms with E-state index in [2.05, 4.69) is 15.6 Å². The summed E-state index contributed by atoms with van der Waals surface area (Å²) in [5.41, 5.74) is 2.06. The van der Waals surface area contributed by atoms with Gasteiger partial charge in [0, 0.05) is 32.1 Å². The molecule has 0 aliphatic carbocycles. The number of amides is 1. The Morgan fingerprint density at radius 2 is 2.12 bits per heavy atom. The molecule has 0 aliphatic rings. The van der Waals surface area contributed by atoms with Crippen molar-refractivity contribution >= 4 is 29.5 Å². The van der Waals surface area contributed by atoms with E-state index >= 15 is 0 Å². The van der Waals surface area contributed by atoms with Crippen molar-refractivity contribution in [2.24, 2.45) is 0 Å². The number of aromatic amines is 1. The molecule has 0 unspecified atom stereocenters. The van der Waals surface area contributed by atoms with Crippen molar-refractivity contribution < 1.29 is 9.53 Å². The third kappa shape index (κ3) is 4.20. The molecule has 0 fully saturated rings. The molecule has 26 heavy (non-hydrogen) atoms. The van der Waals surface area contributed by atoms with Gasteiger partial charge in [0.05, 0.1) is 7.11 Å².